The maximum absolute atomic E-state index is 5.11. The molecule has 0 spiro atoms. The quantitative estimate of drug-likeness (QED) is 0.595. The average Bonchev–Trinajstić information content (AvgIpc) is 2.34. The van der Waals surface area contributed by atoms with Crippen LogP contribution in [0.3, 0.4) is 0 Å². The first-order chi connectivity index (χ1) is 8.76. The van der Waals surface area contributed by atoms with Gasteiger partial charge < -0.3 is 4.74 Å². The van der Waals surface area contributed by atoms with Gasteiger partial charge in [-0.3, -0.25) is 0 Å². The summed E-state index contributed by atoms with van der Waals surface area (Å²) in [6.45, 7) is 11.9. The average molecular weight is 287 g/mol. The van der Waals surface area contributed by atoms with Crippen LogP contribution in [-0.4, -0.2) is 22.3 Å². The molecule has 0 bridgehead atoms. The number of rotatable bonds is 2. The van der Waals surface area contributed by atoms with Crippen molar-refractivity contribution in [1.82, 2.24) is 0 Å². The van der Waals surface area contributed by atoms with Gasteiger partial charge in [-0.15, -0.1) is 5.54 Å². The number of hydrogen-bond donors (Lipinski definition) is 0. The fourth-order valence-electron chi connectivity index (χ4n) is 1.15. The van der Waals surface area contributed by atoms with Gasteiger partial charge in [0, 0.05) is 5.56 Å². The molecule has 100 valence electrons. The van der Waals surface area contributed by atoms with Crippen LogP contribution >= 0.6 is 0 Å². The van der Waals surface area contributed by atoms with Crippen molar-refractivity contribution in [2.75, 3.05) is 7.11 Å². The molecule has 0 saturated heterocycles. The fraction of sp³-hybridized carbons (Fsp3) is 0.375. The van der Waals surface area contributed by atoms with Gasteiger partial charge in [0.05, 0.1) is 14.7 Å². The van der Waals surface area contributed by atoms with Crippen LogP contribution in [0.25, 0.3) is 0 Å². The highest BCUT2D eigenvalue weighted by atomic mass is 29.3. The Bertz CT molecular complexity index is 543. The molecule has 0 heterocycles. The molecule has 0 saturated carbocycles. The van der Waals surface area contributed by atoms with Crippen LogP contribution in [0.15, 0.2) is 24.3 Å². The van der Waals surface area contributed by atoms with E-state index in [1.165, 1.54) is 0 Å². The summed E-state index contributed by atoms with van der Waals surface area (Å²) in [5.41, 5.74) is 4.42. The standard InChI is InChI=1S/C16H22OSi2/c1-17-16-12-10-15(11-13-16)9-7-8-14-19(5,6)18(2,3)4/h10-13H,1-6H3. The van der Waals surface area contributed by atoms with Crippen molar-refractivity contribution in [2.45, 2.75) is 32.7 Å². The third-order valence-corrected chi connectivity index (χ3v) is 19.7. The van der Waals surface area contributed by atoms with E-state index in [9.17, 15) is 0 Å². The molecule has 1 nitrogen and oxygen atoms in total. The topological polar surface area (TPSA) is 9.23 Å². The first-order valence-electron chi connectivity index (χ1n) is 6.43. The molecule has 0 atom stereocenters. The zero-order valence-electron chi connectivity index (χ0n) is 12.7. The SMILES string of the molecule is COc1ccc(C#CC#C[Si](C)(C)[Si](C)(C)C)cc1. The summed E-state index contributed by atoms with van der Waals surface area (Å²) in [5.74, 6) is 9.97. The largest absolute Gasteiger partial charge is 0.497 e. The highest BCUT2D eigenvalue weighted by Gasteiger charge is 2.35. The van der Waals surface area contributed by atoms with Crippen molar-refractivity contribution in [3.8, 4) is 29.1 Å². The Morgan fingerprint density at radius 2 is 1.47 bits per heavy atom. The van der Waals surface area contributed by atoms with E-state index in [0.29, 0.717) is 0 Å². The normalized spacial score (nSPS) is 10.8. The molecule has 1 aromatic carbocycles. The molecule has 19 heavy (non-hydrogen) atoms. The van der Waals surface area contributed by atoms with Crippen LogP contribution in [-0.2, 0) is 0 Å². The molecule has 3 heteroatoms. The van der Waals surface area contributed by atoms with E-state index in [-0.39, 0.29) is 0 Å². The van der Waals surface area contributed by atoms with Crippen molar-refractivity contribution >= 4 is 15.2 Å². The Morgan fingerprint density at radius 3 is 1.95 bits per heavy atom. The van der Waals surface area contributed by atoms with E-state index in [1.54, 1.807) is 7.11 Å². The van der Waals surface area contributed by atoms with Crippen molar-refractivity contribution in [3.05, 3.63) is 29.8 Å². The van der Waals surface area contributed by atoms with Crippen molar-refractivity contribution in [1.29, 1.82) is 0 Å². The number of ether oxygens (including phenoxy) is 1. The summed E-state index contributed by atoms with van der Waals surface area (Å²) in [6.07, 6.45) is 0. The van der Waals surface area contributed by atoms with Gasteiger partial charge in [-0.1, -0.05) is 38.7 Å². The van der Waals surface area contributed by atoms with Gasteiger partial charge in [0.1, 0.15) is 13.3 Å². The molecule has 0 aromatic heterocycles. The van der Waals surface area contributed by atoms with E-state index < -0.39 is 15.2 Å². The van der Waals surface area contributed by atoms with Crippen molar-refractivity contribution in [2.24, 2.45) is 0 Å². The summed E-state index contributed by atoms with van der Waals surface area (Å²) in [5, 5.41) is 0. The zero-order chi connectivity index (χ0) is 14.5. The van der Waals surface area contributed by atoms with Crippen LogP contribution in [0.1, 0.15) is 5.56 Å². The fourth-order valence-corrected chi connectivity index (χ4v) is 3.22. The molecule has 0 radical (unpaired) electrons. The van der Waals surface area contributed by atoms with Crippen LogP contribution < -0.4 is 4.74 Å². The van der Waals surface area contributed by atoms with E-state index in [1.807, 2.05) is 24.3 Å². The van der Waals surface area contributed by atoms with Gasteiger partial charge in [-0.05, 0) is 36.1 Å². The lowest BCUT2D eigenvalue weighted by Crippen LogP contribution is -2.51. The monoisotopic (exact) mass is 286 g/mol. The summed E-state index contributed by atoms with van der Waals surface area (Å²) >= 11 is 0. The maximum atomic E-state index is 5.11. The minimum Gasteiger partial charge on any atom is -0.497 e. The Labute approximate surface area is 119 Å². The predicted molar refractivity (Wildman–Crippen MR) is 88.5 cm³/mol. The number of benzene rings is 1. The van der Waals surface area contributed by atoms with Crippen LogP contribution in [0.5, 0.6) is 5.75 Å². The summed E-state index contributed by atoms with van der Waals surface area (Å²) < 4.78 is 5.11. The Hall–Kier alpha value is -1.43. The maximum Gasteiger partial charge on any atom is 0.124 e. The summed E-state index contributed by atoms with van der Waals surface area (Å²) in [6, 6.07) is 7.74. The molecule has 1 rings (SSSR count). The lowest BCUT2D eigenvalue weighted by Gasteiger charge is -2.29. The second-order valence-electron chi connectivity index (χ2n) is 6.10. The van der Waals surface area contributed by atoms with Gasteiger partial charge in [-0.2, -0.15) is 0 Å². The molecular weight excluding hydrogens is 264 g/mol. The number of methoxy groups -OCH3 is 1. The molecule has 0 fully saturated rings. The minimum atomic E-state index is -1.40. The minimum absolute atomic E-state index is 0.851. The van der Waals surface area contributed by atoms with Gasteiger partial charge in [0.2, 0.25) is 0 Å². The van der Waals surface area contributed by atoms with Crippen LogP contribution in [0.4, 0.5) is 0 Å². The van der Waals surface area contributed by atoms with Gasteiger partial charge >= 0.3 is 0 Å². The molecule has 0 aliphatic rings. The first kappa shape index (κ1) is 15.6. The Kier molecular flexibility index (Phi) is 5.06. The van der Waals surface area contributed by atoms with E-state index in [0.717, 1.165) is 11.3 Å². The van der Waals surface area contributed by atoms with Crippen LogP contribution in [0, 0.1) is 23.3 Å². The molecule has 0 amide bonds. The zero-order valence-corrected chi connectivity index (χ0v) is 14.7. The molecular formula is C16H22OSi2. The van der Waals surface area contributed by atoms with E-state index >= 15 is 0 Å². The second-order valence-corrected chi connectivity index (χ2v) is 22.4. The summed E-state index contributed by atoms with van der Waals surface area (Å²) in [7, 11) is -0.886. The van der Waals surface area contributed by atoms with Gasteiger partial charge in [-0.25, -0.2) is 0 Å². The lowest BCUT2D eigenvalue weighted by atomic mass is 10.2. The lowest BCUT2D eigenvalue weighted by molar-refractivity contribution is 0.415. The third kappa shape index (κ3) is 4.63. The van der Waals surface area contributed by atoms with E-state index in [4.69, 9.17) is 4.74 Å². The molecule has 0 aliphatic heterocycles. The van der Waals surface area contributed by atoms with Crippen molar-refractivity contribution < 1.29 is 4.74 Å². The first-order valence-corrected chi connectivity index (χ1v) is 13.9. The highest BCUT2D eigenvalue weighted by molar-refractivity contribution is 7.43. The van der Waals surface area contributed by atoms with E-state index in [2.05, 4.69) is 56.0 Å². The molecule has 0 unspecified atom stereocenters. The van der Waals surface area contributed by atoms with Crippen molar-refractivity contribution in [3.63, 3.8) is 0 Å². The highest BCUT2D eigenvalue weighted by Crippen LogP contribution is 2.17. The smallest absolute Gasteiger partial charge is 0.124 e. The Balaban J connectivity index is 2.81. The summed E-state index contributed by atoms with van der Waals surface area (Å²) in [4.78, 5) is 0. The number of hydrogen-bond acceptors (Lipinski definition) is 1. The molecule has 0 aliphatic carbocycles. The third-order valence-electron chi connectivity index (χ3n) is 3.61. The van der Waals surface area contributed by atoms with Crippen LogP contribution in [0.2, 0.25) is 32.7 Å². The molecule has 0 N–H and O–H groups in total. The second kappa shape index (κ2) is 6.15. The Morgan fingerprint density at radius 1 is 0.895 bits per heavy atom. The van der Waals surface area contributed by atoms with Gasteiger partial charge in [0.25, 0.3) is 0 Å². The molecule has 1 aromatic rings. The predicted octanol–water partition coefficient (Wildman–Crippen LogP) is 3.71. The van der Waals surface area contributed by atoms with Gasteiger partial charge in [0.15, 0.2) is 0 Å².